The maximum atomic E-state index is 13.9. The summed E-state index contributed by atoms with van der Waals surface area (Å²) < 4.78 is 19.8. The fourth-order valence-corrected chi connectivity index (χ4v) is 4.55. The minimum absolute atomic E-state index is 0.139. The second-order valence-corrected chi connectivity index (χ2v) is 9.09. The summed E-state index contributed by atoms with van der Waals surface area (Å²) >= 11 is 1.73. The predicted octanol–water partition coefficient (Wildman–Crippen LogP) is 6.76. The van der Waals surface area contributed by atoms with E-state index in [4.69, 9.17) is 4.74 Å². The Kier molecular flexibility index (Phi) is 7.72. The highest BCUT2D eigenvalue weighted by atomic mass is 32.1. The Balaban J connectivity index is 1.53. The largest absolute Gasteiger partial charge is 0.483 e. The molecule has 0 bridgehead atoms. The number of rotatable bonds is 9. The van der Waals surface area contributed by atoms with Gasteiger partial charge in [0.05, 0.1) is 5.69 Å². The standard InChI is InChI=1S/C28H27FN2O2S/c1-20(27-13-8-16-34-27)31(2)18-23-17-22(21-9-4-3-5-10-21)14-15-26(23)33-19-28(32)30-25-12-7-6-11-24(25)29/h3-17,20H,18-19H2,1-2H3,(H,30,32)/t20-/m0/s1. The molecule has 1 aromatic heterocycles. The number of para-hydroxylation sites is 1. The Morgan fingerprint density at radius 2 is 1.76 bits per heavy atom. The highest BCUT2D eigenvalue weighted by Crippen LogP contribution is 2.31. The summed E-state index contributed by atoms with van der Waals surface area (Å²) in [5.41, 5.74) is 3.31. The minimum atomic E-state index is -0.479. The van der Waals surface area contributed by atoms with Gasteiger partial charge >= 0.3 is 0 Å². The molecule has 0 fully saturated rings. The highest BCUT2D eigenvalue weighted by molar-refractivity contribution is 7.10. The van der Waals surface area contributed by atoms with Crippen LogP contribution in [0.1, 0.15) is 23.4 Å². The summed E-state index contributed by atoms with van der Waals surface area (Å²) in [6.07, 6.45) is 0. The van der Waals surface area contributed by atoms with Gasteiger partial charge in [-0.2, -0.15) is 0 Å². The van der Waals surface area contributed by atoms with E-state index in [-0.39, 0.29) is 18.3 Å². The number of carbonyl (C=O) groups excluding carboxylic acids is 1. The van der Waals surface area contributed by atoms with Gasteiger partial charge in [0.1, 0.15) is 11.6 Å². The number of nitrogens with one attached hydrogen (secondary N) is 1. The molecule has 3 aromatic carbocycles. The van der Waals surface area contributed by atoms with Crippen LogP contribution in [0.2, 0.25) is 0 Å². The second-order valence-electron chi connectivity index (χ2n) is 8.11. The average Bonchev–Trinajstić information content (AvgIpc) is 3.40. The number of anilines is 1. The van der Waals surface area contributed by atoms with Crippen LogP contribution in [0.15, 0.2) is 90.3 Å². The molecule has 1 heterocycles. The molecular formula is C28H27FN2O2S. The molecule has 1 atom stereocenters. The Morgan fingerprint density at radius 3 is 2.50 bits per heavy atom. The fraction of sp³-hybridized carbons (Fsp3) is 0.179. The lowest BCUT2D eigenvalue weighted by Crippen LogP contribution is -2.23. The Morgan fingerprint density at radius 1 is 1.00 bits per heavy atom. The van der Waals surface area contributed by atoms with Crippen molar-refractivity contribution in [3.8, 4) is 16.9 Å². The molecule has 0 radical (unpaired) electrons. The molecule has 0 saturated heterocycles. The third-order valence-electron chi connectivity index (χ3n) is 5.71. The Bertz CT molecular complexity index is 1230. The van der Waals surface area contributed by atoms with Gasteiger partial charge in [-0.05, 0) is 60.8 Å². The molecule has 4 nitrogen and oxygen atoms in total. The van der Waals surface area contributed by atoms with Crippen molar-refractivity contribution in [1.29, 1.82) is 0 Å². The molecular weight excluding hydrogens is 447 g/mol. The van der Waals surface area contributed by atoms with Gasteiger partial charge in [-0.15, -0.1) is 11.3 Å². The summed E-state index contributed by atoms with van der Waals surface area (Å²) in [7, 11) is 2.08. The van der Waals surface area contributed by atoms with Gasteiger partial charge in [0.25, 0.3) is 5.91 Å². The van der Waals surface area contributed by atoms with E-state index in [0.717, 1.165) is 16.7 Å². The summed E-state index contributed by atoms with van der Waals surface area (Å²) in [4.78, 5) is 15.9. The zero-order valence-electron chi connectivity index (χ0n) is 19.2. The van der Waals surface area contributed by atoms with Crippen molar-refractivity contribution in [1.82, 2.24) is 4.90 Å². The molecule has 174 valence electrons. The zero-order valence-corrected chi connectivity index (χ0v) is 20.0. The fourth-order valence-electron chi connectivity index (χ4n) is 3.70. The van der Waals surface area contributed by atoms with Gasteiger partial charge in [-0.3, -0.25) is 9.69 Å². The minimum Gasteiger partial charge on any atom is -0.483 e. The van der Waals surface area contributed by atoms with Gasteiger partial charge in [0.15, 0.2) is 6.61 Å². The van der Waals surface area contributed by atoms with Crippen molar-refractivity contribution < 1.29 is 13.9 Å². The van der Waals surface area contributed by atoms with Crippen molar-refractivity contribution in [3.05, 3.63) is 107 Å². The van der Waals surface area contributed by atoms with Crippen LogP contribution in [0.5, 0.6) is 5.75 Å². The third-order valence-corrected chi connectivity index (χ3v) is 6.75. The van der Waals surface area contributed by atoms with Crippen molar-refractivity contribution in [2.24, 2.45) is 0 Å². The number of hydrogen-bond acceptors (Lipinski definition) is 4. The smallest absolute Gasteiger partial charge is 0.262 e. The maximum Gasteiger partial charge on any atom is 0.262 e. The third kappa shape index (κ3) is 5.90. The van der Waals surface area contributed by atoms with Crippen LogP contribution >= 0.6 is 11.3 Å². The number of nitrogens with zero attached hydrogens (tertiary/aromatic N) is 1. The summed E-state index contributed by atoms with van der Waals surface area (Å²) in [6.45, 7) is 2.61. The molecule has 0 aliphatic heterocycles. The molecule has 4 rings (SSSR count). The number of hydrogen-bond donors (Lipinski definition) is 1. The van der Waals surface area contributed by atoms with E-state index in [1.807, 2.05) is 30.3 Å². The van der Waals surface area contributed by atoms with Crippen LogP contribution in [0, 0.1) is 5.82 Å². The highest BCUT2D eigenvalue weighted by Gasteiger charge is 2.17. The van der Waals surface area contributed by atoms with Crippen molar-refractivity contribution in [2.75, 3.05) is 19.0 Å². The van der Waals surface area contributed by atoms with Gasteiger partial charge in [-0.25, -0.2) is 4.39 Å². The number of halogens is 1. The topological polar surface area (TPSA) is 41.6 Å². The summed E-state index contributed by atoms with van der Waals surface area (Å²) in [5, 5.41) is 4.65. The first-order valence-electron chi connectivity index (χ1n) is 11.1. The van der Waals surface area contributed by atoms with Crippen LogP contribution in [-0.2, 0) is 11.3 Å². The maximum absolute atomic E-state index is 13.9. The number of benzene rings is 3. The van der Waals surface area contributed by atoms with Crippen molar-refractivity contribution in [2.45, 2.75) is 19.5 Å². The second kappa shape index (κ2) is 11.1. The molecule has 0 aliphatic carbocycles. The van der Waals surface area contributed by atoms with Gasteiger partial charge in [0, 0.05) is 23.0 Å². The van der Waals surface area contributed by atoms with Crippen LogP contribution in [0.4, 0.5) is 10.1 Å². The van der Waals surface area contributed by atoms with E-state index in [1.165, 1.54) is 17.0 Å². The van der Waals surface area contributed by atoms with E-state index in [0.29, 0.717) is 12.3 Å². The molecule has 0 unspecified atom stereocenters. The van der Waals surface area contributed by atoms with Gasteiger partial charge in [-0.1, -0.05) is 54.6 Å². The van der Waals surface area contributed by atoms with Crippen LogP contribution < -0.4 is 10.1 Å². The SMILES string of the molecule is C[C@@H](c1cccs1)N(C)Cc1cc(-c2ccccc2)ccc1OCC(=O)Nc1ccccc1F. The molecule has 4 aromatic rings. The van der Waals surface area contributed by atoms with E-state index in [1.54, 1.807) is 23.5 Å². The molecule has 6 heteroatoms. The summed E-state index contributed by atoms with van der Waals surface area (Å²) in [5.74, 6) is -0.259. The molecule has 0 aliphatic rings. The lowest BCUT2D eigenvalue weighted by atomic mass is 10.0. The van der Waals surface area contributed by atoms with E-state index >= 15 is 0 Å². The van der Waals surface area contributed by atoms with Crippen molar-refractivity contribution in [3.63, 3.8) is 0 Å². The Hall–Kier alpha value is -3.48. The van der Waals surface area contributed by atoms with E-state index in [2.05, 4.69) is 59.9 Å². The normalized spacial score (nSPS) is 11.9. The summed E-state index contributed by atoms with van der Waals surface area (Å²) in [6, 6.07) is 26.7. The number of ether oxygens (including phenoxy) is 1. The first-order chi connectivity index (χ1) is 16.5. The van der Waals surface area contributed by atoms with Crippen LogP contribution in [0.25, 0.3) is 11.1 Å². The van der Waals surface area contributed by atoms with Crippen LogP contribution in [-0.4, -0.2) is 24.5 Å². The first kappa shape index (κ1) is 23.7. The van der Waals surface area contributed by atoms with Gasteiger partial charge in [0.2, 0.25) is 0 Å². The molecule has 1 amide bonds. The first-order valence-corrected chi connectivity index (χ1v) is 12.0. The lowest BCUT2D eigenvalue weighted by molar-refractivity contribution is -0.118. The quantitative estimate of drug-likeness (QED) is 0.291. The monoisotopic (exact) mass is 474 g/mol. The zero-order chi connectivity index (χ0) is 23.9. The molecule has 0 saturated carbocycles. The van der Waals surface area contributed by atoms with Crippen molar-refractivity contribution >= 4 is 22.9 Å². The number of thiophene rings is 1. The number of carbonyl (C=O) groups is 1. The van der Waals surface area contributed by atoms with Crippen LogP contribution in [0.3, 0.4) is 0 Å². The van der Waals surface area contributed by atoms with Gasteiger partial charge < -0.3 is 10.1 Å². The predicted molar refractivity (Wildman–Crippen MR) is 137 cm³/mol. The van der Waals surface area contributed by atoms with E-state index in [9.17, 15) is 9.18 Å². The molecule has 1 N–H and O–H groups in total. The average molecular weight is 475 g/mol. The molecule has 0 spiro atoms. The molecule has 34 heavy (non-hydrogen) atoms. The Labute approximate surface area is 203 Å². The van der Waals surface area contributed by atoms with E-state index < -0.39 is 11.7 Å². The lowest BCUT2D eigenvalue weighted by Gasteiger charge is -2.25. The number of amides is 1.